The molecular formula is C17H21N3O3. The summed E-state index contributed by atoms with van der Waals surface area (Å²) >= 11 is 0. The van der Waals surface area contributed by atoms with Gasteiger partial charge in [-0.3, -0.25) is 4.79 Å². The van der Waals surface area contributed by atoms with E-state index in [0.717, 1.165) is 16.7 Å². The lowest BCUT2D eigenvalue weighted by Crippen LogP contribution is -2.36. The minimum absolute atomic E-state index is 0.0816. The van der Waals surface area contributed by atoms with E-state index in [-0.39, 0.29) is 18.3 Å². The molecule has 0 atom stereocenters. The molecule has 0 fully saturated rings. The molecule has 0 spiro atoms. The molecule has 6 heteroatoms. The first kappa shape index (κ1) is 16.6. The first-order valence-corrected chi connectivity index (χ1v) is 7.31. The lowest BCUT2D eigenvalue weighted by Gasteiger charge is -2.20. The lowest BCUT2D eigenvalue weighted by atomic mass is 10.0. The zero-order valence-electron chi connectivity index (χ0n) is 13.6. The van der Waals surface area contributed by atoms with E-state index in [0.29, 0.717) is 12.3 Å². The smallest absolute Gasteiger partial charge is 0.317 e. The molecule has 3 amide bonds. The van der Waals surface area contributed by atoms with Gasteiger partial charge in [0.2, 0.25) is 0 Å². The quantitative estimate of drug-likeness (QED) is 0.887. The van der Waals surface area contributed by atoms with Crippen LogP contribution >= 0.6 is 0 Å². The van der Waals surface area contributed by atoms with Crippen LogP contribution < -0.4 is 11.1 Å². The summed E-state index contributed by atoms with van der Waals surface area (Å²) in [5, 5.41) is 2.75. The van der Waals surface area contributed by atoms with E-state index >= 15 is 0 Å². The minimum atomic E-state index is -0.630. The summed E-state index contributed by atoms with van der Waals surface area (Å²) in [5.41, 5.74) is 8.56. The van der Waals surface area contributed by atoms with E-state index in [9.17, 15) is 9.59 Å². The first-order valence-electron chi connectivity index (χ1n) is 7.31. The molecule has 1 aromatic carbocycles. The van der Waals surface area contributed by atoms with E-state index in [1.54, 1.807) is 18.0 Å². The number of carbonyl (C=O) groups excluding carboxylic acids is 2. The molecule has 1 heterocycles. The maximum atomic E-state index is 12.2. The molecule has 0 aliphatic heterocycles. The Balaban J connectivity index is 1.93. The highest BCUT2D eigenvalue weighted by Crippen LogP contribution is 2.15. The number of nitrogens with zero attached hydrogens (tertiary/aromatic N) is 1. The van der Waals surface area contributed by atoms with Crippen molar-refractivity contribution in [2.45, 2.75) is 26.9 Å². The SMILES string of the molecule is Cc1cccc(C)c1CN(C)C(=O)NCc1ccc(C(N)=O)o1. The molecule has 0 bridgehead atoms. The third-order valence-electron chi connectivity index (χ3n) is 3.70. The van der Waals surface area contributed by atoms with Gasteiger partial charge in [-0.2, -0.15) is 0 Å². The Kier molecular flexibility index (Phi) is 5.05. The van der Waals surface area contributed by atoms with Crippen molar-refractivity contribution in [1.29, 1.82) is 0 Å². The van der Waals surface area contributed by atoms with Crippen LogP contribution in [0.5, 0.6) is 0 Å². The number of amides is 3. The van der Waals surface area contributed by atoms with Crippen LogP contribution in [0.4, 0.5) is 4.79 Å². The van der Waals surface area contributed by atoms with Gasteiger partial charge >= 0.3 is 6.03 Å². The van der Waals surface area contributed by atoms with Crippen LogP contribution in [-0.4, -0.2) is 23.9 Å². The summed E-state index contributed by atoms with van der Waals surface area (Å²) < 4.78 is 5.22. The second-order valence-electron chi connectivity index (χ2n) is 5.52. The fourth-order valence-electron chi connectivity index (χ4n) is 2.31. The van der Waals surface area contributed by atoms with Gasteiger partial charge in [0.25, 0.3) is 5.91 Å². The van der Waals surface area contributed by atoms with Gasteiger partial charge in [-0.15, -0.1) is 0 Å². The molecule has 0 unspecified atom stereocenters. The van der Waals surface area contributed by atoms with E-state index in [2.05, 4.69) is 5.32 Å². The summed E-state index contributed by atoms with van der Waals surface area (Å²) in [5.74, 6) is -0.0690. The number of aryl methyl sites for hydroxylation is 2. The molecule has 0 saturated heterocycles. The Morgan fingerprint density at radius 3 is 2.39 bits per heavy atom. The van der Waals surface area contributed by atoms with Crippen molar-refractivity contribution >= 4 is 11.9 Å². The van der Waals surface area contributed by atoms with E-state index in [1.807, 2.05) is 32.0 Å². The third-order valence-corrected chi connectivity index (χ3v) is 3.70. The maximum absolute atomic E-state index is 12.2. The van der Waals surface area contributed by atoms with Gasteiger partial charge in [0.05, 0.1) is 6.54 Å². The zero-order chi connectivity index (χ0) is 17.0. The molecule has 0 aliphatic rings. The van der Waals surface area contributed by atoms with Gasteiger partial charge < -0.3 is 20.4 Å². The second-order valence-corrected chi connectivity index (χ2v) is 5.52. The second kappa shape index (κ2) is 7.00. The fourth-order valence-corrected chi connectivity index (χ4v) is 2.31. The van der Waals surface area contributed by atoms with Crippen molar-refractivity contribution in [1.82, 2.24) is 10.2 Å². The predicted octanol–water partition coefficient (Wildman–Crippen LogP) is 2.34. The molecule has 2 rings (SSSR count). The van der Waals surface area contributed by atoms with Crippen molar-refractivity contribution < 1.29 is 14.0 Å². The van der Waals surface area contributed by atoms with Crippen molar-refractivity contribution in [2.75, 3.05) is 7.05 Å². The topological polar surface area (TPSA) is 88.6 Å². The maximum Gasteiger partial charge on any atom is 0.317 e. The Hall–Kier alpha value is -2.76. The number of furan rings is 1. The van der Waals surface area contributed by atoms with Gasteiger partial charge in [-0.25, -0.2) is 4.79 Å². The van der Waals surface area contributed by atoms with Gasteiger partial charge in [0, 0.05) is 13.6 Å². The molecular weight excluding hydrogens is 294 g/mol. The number of hydrogen-bond donors (Lipinski definition) is 2. The summed E-state index contributed by atoms with van der Waals surface area (Å²) in [4.78, 5) is 24.7. The van der Waals surface area contributed by atoms with Crippen LogP contribution in [0.15, 0.2) is 34.7 Å². The summed E-state index contributed by atoms with van der Waals surface area (Å²) in [6.07, 6.45) is 0. The molecule has 122 valence electrons. The molecule has 0 saturated carbocycles. The Morgan fingerprint density at radius 1 is 1.17 bits per heavy atom. The summed E-state index contributed by atoms with van der Waals surface area (Å²) in [7, 11) is 1.73. The number of carbonyl (C=O) groups is 2. The third kappa shape index (κ3) is 4.12. The van der Waals surface area contributed by atoms with Crippen LogP contribution in [0.3, 0.4) is 0 Å². The van der Waals surface area contributed by atoms with E-state index < -0.39 is 5.91 Å². The van der Waals surface area contributed by atoms with Crippen molar-refractivity contribution in [3.8, 4) is 0 Å². The Bertz CT molecular complexity index is 701. The largest absolute Gasteiger partial charge is 0.454 e. The standard InChI is InChI=1S/C17H21N3O3/c1-11-5-4-6-12(2)14(11)10-20(3)17(22)19-9-13-7-8-15(23-13)16(18)21/h4-8H,9-10H2,1-3H3,(H2,18,21)(H,19,22). The molecule has 0 aliphatic carbocycles. The van der Waals surface area contributed by atoms with Crippen molar-refractivity contribution in [3.05, 3.63) is 58.5 Å². The molecule has 23 heavy (non-hydrogen) atoms. The van der Waals surface area contributed by atoms with Crippen LogP contribution in [-0.2, 0) is 13.1 Å². The van der Waals surface area contributed by atoms with Crippen molar-refractivity contribution in [3.63, 3.8) is 0 Å². The van der Waals surface area contributed by atoms with Crippen LogP contribution in [0, 0.1) is 13.8 Å². The number of primary amides is 1. The highest BCUT2D eigenvalue weighted by atomic mass is 16.4. The van der Waals surface area contributed by atoms with Gasteiger partial charge in [-0.1, -0.05) is 18.2 Å². The predicted molar refractivity (Wildman–Crippen MR) is 86.8 cm³/mol. The molecule has 1 aromatic heterocycles. The Labute approximate surface area is 135 Å². The highest BCUT2D eigenvalue weighted by Gasteiger charge is 2.13. The number of urea groups is 1. The zero-order valence-corrected chi connectivity index (χ0v) is 13.6. The number of hydrogen-bond acceptors (Lipinski definition) is 3. The molecule has 0 radical (unpaired) electrons. The highest BCUT2D eigenvalue weighted by molar-refractivity contribution is 5.89. The Morgan fingerprint density at radius 2 is 1.83 bits per heavy atom. The summed E-state index contributed by atoms with van der Waals surface area (Å²) in [6, 6.07) is 8.95. The minimum Gasteiger partial charge on any atom is -0.454 e. The van der Waals surface area contributed by atoms with Gasteiger partial charge in [0.15, 0.2) is 5.76 Å². The molecule has 6 nitrogen and oxygen atoms in total. The fraction of sp³-hybridized carbons (Fsp3) is 0.294. The average molecular weight is 315 g/mol. The van der Waals surface area contributed by atoms with E-state index in [1.165, 1.54) is 6.07 Å². The molecule has 3 N–H and O–H groups in total. The van der Waals surface area contributed by atoms with Crippen LogP contribution in [0.25, 0.3) is 0 Å². The van der Waals surface area contributed by atoms with E-state index in [4.69, 9.17) is 10.2 Å². The normalized spacial score (nSPS) is 10.4. The summed E-state index contributed by atoms with van der Waals surface area (Å²) in [6.45, 7) is 4.78. The average Bonchev–Trinajstić information content (AvgIpc) is 2.97. The number of nitrogens with one attached hydrogen (secondary N) is 1. The molecule has 2 aromatic rings. The van der Waals surface area contributed by atoms with Crippen molar-refractivity contribution in [2.24, 2.45) is 5.73 Å². The number of rotatable bonds is 5. The monoisotopic (exact) mass is 315 g/mol. The lowest BCUT2D eigenvalue weighted by molar-refractivity contribution is 0.0972. The van der Waals surface area contributed by atoms with Crippen LogP contribution in [0.2, 0.25) is 0 Å². The number of nitrogens with two attached hydrogens (primary N) is 1. The first-order chi connectivity index (χ1) is 10.9. The van der Waals surface area contributed by atoms with Crippen LogP contribution in [0.1, 0.15) is 33.0 Å². The number of benzene rings is 1. The van der Waals surface area contributed by atoms with Gasteiger partial charge in [-0.05, 0) is 42.7 Å². The van der Waals surface area contributed by atoms with Gasteiger partial charge in [0.1, 0.15) is 5.76 Å².